The molecular formula is C24H22Cl2N2O. The van der Waals surface area contributed by atoms with Gasteiger partial charge in [0.25, 0.3) is 0 Å². The number of aromatic nitrogens is 2. The first-order chi connectivity index (χ1) is 14.0. The van der Waals surface area contributed by atoms with Gasteiger partial charge in [0.1, 0.15) is 11.6 Å². The van der Waals surface area contributed by atoms with Crippen LogP contribution >= 0.6 is 23.2 Å². The van der Waals surface area contributed by atoms with Crippen LogP contribution in [0.1, 0.15) is 17.5 Å². The Morgan fingerprint density at radius 1 is 0.931 bits per heavy atom. The second-order valence-electron chi connectivity index (χ2n) is 7.12. The van der Waals surface area contributed by atoms with E-state index in [-0.39, 0.29) is 0 Å². The number of hydrogen-bond acceptors (Lipinski definition) is 2. The van der Waals surface area contributed by atoms with E-state index in [1.807, 2.05) is 30.3 Å². The molecule has 5 heteroatoms. The summed E-state index contributed by atoms with van der Waals surface area (Å²) < 4.78 is 8.29. The van der Waals surface area contributed by atoms with Gasteiger partial charge in [-0.3, -0.25) is 0 Å². The van der Waals surface area contributed by atoms with Crippen molar-refractivity contribution in [1.82, 2.24) is 9.55 Å². The van der Waals surface area contributed by atoms with Gasteiger partial charge in [-0.15, -0.1) is 0 Å². The van der Waals surface area contributed by atoms with Crippen molar-refractivity contribution in [2.24, 2.45) is 0 Å². The maximum atomic E-state index is 6.48. The Hall–Kier alpha value is -2.49. The summed E-state index contributed by atoms with van der Waals surface area (Å²) in [6.07, 6.45) is 0.854. The molecule has 0 spiro atoms. The molecule has 0 saturated heterocycles. The topological polar surface area (TPSA) is 27.1 Å². The summed E-state index contributed by atoms with van der Waals surface area (Å²) in [5, 5.41) is 1.21. The van der Waals surface area contributed by atoms with Crippen molar-refractivity contribution < 1.29 is 4.74 Å². The molecule has 3 nitrogen and oxygen atoms in total. The van der Waals surface area contributed by atoms with E-state index in [0.29, 0.717) is 16.7 Å². The predicted octanol–water partition coefficient (Wildman–Crippen LogP) is 7.10. The molecule has 1 heterocycles. The van der Waals surface area contributed by atoms with Gasteiger partial charge in [-0.1, -0.05) is 53.5 Å². The molecule has 0 N–H and O–H groups in total. The zero-order valence-corrected chi connectivity index (χ0v) is 18.0. The number of para-hydroxylation sites is 3. The summed E-state index contributed by atoms with van der Waals surface area (Å²) in [5.74, 6) is 1.82. The van der Waals surface area contributed by atoms with Crippen molar-refractivity contribution in [1.29, 1.82) is 0 Å². The monoisotopic (exact) mass is 424 g/mol. The van der Waals surface area contributed by atoms with Crippen molar-refractivity contribution in [3.05, 3.63) is 81.8 Å². The third-order valence-electron chi connectivity index (χ3n) is 5.01. The maximum absolute atomic E-state index is 6.48. The molecule has 0 aliphatic carbocycles. The SMILES string of the molecule is Cc1cccc(C)c1OCCCn1c(-c2ccc(Cl)cc2Cl)nc2ccccc21. The summed E-state index contributed by atoms with van der Waals surface area (Å²) >= 11 is 12.6. The number of fused-ring (bicyclic) bond motifs is 1. The van der Waals surface area contributed by atoms with Gasteiger partial charge in [0, 0.05) is 17.1 Å². The maximum Gasteiger partial charge on any atom is 0.142 e. The van der Waals surface area contributed by atoms with Gasteiger partial charge in [-0.25, -0.2) is 4.98 Å². The molecular weight excluding hydrogens is 403 g/mol. The molecule has 148 valence electrons. The van der Waals surface area contributed by atoms with Crippen LogP contribution in [0.5, 0.6) is 5.75 Å². The molecule has 29 heavy (non-hydrogen) atoms. The lowest BCUT2D eigenvalue weighted by Crippen LogP contribution is -2.07. The quantitative estimate of drug-likeness (QED) is 0.308. The number of nitrogens with zero attached hydrogens (tertiary/aromatic N) is 2. The molecule has 0 fully saturated rings. The van der Waals surface area contributed by atoms with E-state index in [9.17, 15) is 0 Å². The number of aryl methyl sites for hydroxylation is 3. The average Bonchev–Trinajstić information content (AvgIpc) is 3.05. The number of ether oxygens (including phenoxy) is 1. The Balaban J connectivity index is 1.59. The standard InChI is InChI=1S/C24H22Cl2N2O/c1-16-7-5-8-17(2)23(16)29-14-6-13-28-22-10-4-3-9-21(22)27-24(28)19-12-11-18(25)15-20(19)26/h3-5,7-12,15H,6,13-14H2,1-2H3. The molecule has 0 amide bonds. The second kappa shape index (κ2) is 8.48. The number of hydrogen-bond donors (Lipinski definition) is 0. The second-order valence-corrected chi connectivity index (χ2v) is 7.97. The fraction of sp³-hybridized carbons (Fsp3) is 0.208. The first-order valence-electron chi connectivity index (χ1n) is 9.64. The summed E-state index contributed by atoms with van der Waals surface area (Å²) in [6, 6.07) is 19.9. The van der Waals surface area contributed by atoms with Crippen LogP contribution < -0.4 is 4.74 Å². The summed E-state index contributed by atoms with van der Waals surface area (Å²) in [6.45, 7) is 5.56. The Labute approximate surface area is 180 Å². The molecule has 0 aliphatic heterocycles. The molecule has 1 aromatic heterocycles. The summed E-state index contributed by atoms with van der Waals surface area (Å²) in [5.41, 5.74) is 5.23. The minimum atomic E-state index is 0.598. The largest absolute Gasteiger partial charge is 0.493 e. The third-order valence-corrected chi connectivity index (χ3v) is 5.56. The number of halogens is 2. The Morgan fingerprint density at radius 2 is 1.69 bits per heavy atom. The van der Waals surface area contributed by atoms with E-state index in [4.69, 9.17) is 32.9 Å². The summed E-state index contributed by atoms with van der Waals surface area (Å²) in [4.78, 5) is 4.83. The highest BCUT2D eigenvalue weighted by atomic mass is 35.5. The molecule has 0 unspecified atom stereocenters. The van der Waals surface area contributed by atoms with E-state index >= 15 is 0 Å². The first-order valence-corrected chi connectivity index (χ1v) is 10.4. The van der Waals surface area contributed by atoms with Gasteiger partial charge < -0.3 is 9.30 Å². The molecule has 3 aromatic carbocycles. The minimum absolute atomic E-state index is 0.598. The lowest BCUT2D eigenvalue weighted by atomic mass is 10.1. The summed E-state index contributed by atoms with van der Waals surface area (Å²) in [7, 11) is 0. The van der Waals surface area contributed by atoms with Gasteiger partial charge in [0.05, 0.1) is 22.7 Å². The van der Waals surface area contributed by atoms with E-state index in [1.54, 1.807) is 6.07 Å². The predicted molar refractivity (Wildman–Crippen MR) is 121 cm³/mol. The van der Waals surface area contributed by atoms with E-state index < -0.39 is 0 Å². The number of benzene rings is 3. The molecule has 0 bridgehead atoms. The van der Waals surface area contributed by atoms with Gasteiger partial charge in [0.15, 0.2) is 0 Å². The van der Waals surface area contributed by atoms with Gasteiger partial charge in [0.2, 0.25) is 0 Å². The van der Waals surface area contributed by atoms with Crippen molar-refractivity contribution in [3.63, 3.8) is 0 Å². The zero-order chi connectivity index (χ0) is 20.4. The lowest BCUT2D eigenvalue weighted by Gasteiger charge is -2.14. The van der Waals surface area contributed by atoms with Gasteiger partial charge in [-0.05, 0) is 61.7 Å². The van der Waals surface area contributed by atoms with Crippen LogP contribution in [0, 0.1) is 13.8 Å². The molecule has 4 aromatic rings. The highest BCUT2D eigenvalue weighted by molar-refractivity contribution is 6.36. The van der Waals surface area contributed by atoms with Crippen molar-refractivity contribution in [3.8, 4) is 17.1 Å². The number of rotatable bonds is 6. The van der Waals surface area contributed by atoms with Crippen LogP contribution in [0.25, 0.3) is 22.4 Å². The van der Waals surface area contributed by atoms with Crippen LogP contribution in [0.4, 0.5) is 0 Å². The number of imidazole rings is 1. The molecule has 0 radical (unpaired) electrons. The van der Waals surface area contributed by atoms with Crippen molar-refractivity contribution >= 4 is 34.2 Å². The molecule has 0 aliphatic rings. The fourth-order valence-electron chi connectivity index (χ4n) is 3.60. The van der Waals surface area contributed by atoms with E-state index in [2.05, 4.69) is 42.7 Å². The average molecular weight is 425 g/mol. The van der Waals surface area contributed by atoms with Gasteiger partial charge >= 0.3 is 0 Å². The van der Waals surface area contributed by atoms with Crippen LogP contribution in [0.3, 0.4) is 0 Å². The molecule has 0 atom stereocenters. The lowest BCUT2D eigenvalue weighted by molar-refractivity contribution is 0.299. The normalized spacial score (nSPS) is 11.2. The molecule has 4 rings (SSSR count). The Kier molecular flexibility index (Phi) is 5.79. The van der Waals surface area contributed by atoms with Crippen molar-refractivity contribution in [2.75, 3.05) is 6.61 Å². The van der Waals surface area contributed by atoms with Crippen LogP contribution in [-0.2, 0) is 6.54 Å². The Bertz CT molecular complexity index is 1150. The van der Waals surface area contributed by atoms with E-state index in [0.717, 1.165) is 52.3 Å². The fourth-order valence-corrected chi connectivity index (χ4v) is 4.10. The highest BCUT2D eigenvalue weighted by Crippen LogP contribution is 2.32. The van der Waals surface area contributed by atoms with Crippen LogP contribution in [0.2, 0.25) is 10.0 Å². The third kappa shape index (κ3) is 4.12. The zero-order valence-electron chi connectivity index (χ0n) is 16.5. The van der Waals surface area contributed by atoms with E-state index in [1.165, 1.54) is 0 Å². The minimum Gasteiger partial charge on any atom is -0.493 e. The highest BCUT2D eigenvalue weighted by Gasteiger charge is 2.15. The van der Waals surface area contributed by atoms with Crippen LogP contribution in [0.15, 0.2) is 60.7 Å². The smallest absolute Gasteiger partial charge is 0.142 e. The van der Waals surface area contributed by atoms with Crippen LogP contribution in [-0.4, -0.2) is 16.2 Å². The van der Waals surface area contributed by atoms with Gasteiger partial charge in [-0.2, -0.15) is 0 Å². The first kappa shape index (κ1) is 19.8. The Morgan fingerprint density at radius 3 is 2.45 bits per heavy atom. The molecule has 0 saturated carbocycles. The van der Waals surface area contributed by atoms with Crippen molar-refractivity contribution in [2.45, 2.75) is 26.8 Å².